The van der Waals surface area contributed by atoms with Gasteiger partial charge in [0.25, 0.3) is 5.56 Å². The van der Waals surface area contributed by atoms with Crippen molar-refractivity contribution < 1.29 is 4.79 Å². The minimum atomic E-state index is -0.653. The molecule has 3 rings (SSSR count). The second-order valence-electron chi connectivity index (χ2n) is 5.51. The minimum Gasteiger partial charge on any atom is -0.324 e. The van der Waals surface area contributed by atoms with Gasteiger partial charge in [0.2, 0.25) is 5.91 Å². The molecule has 1 N–H and O–H groups in total. The van der Waals surface area contributed by atoms with Gasteiger partial charge in [-0.3, -0.25) is 14.2 Å². The van der Waals surface area contributed by atoms with Crippen molar-refractivity contribution in [3.05, 3.63) is 70.8 Å². The summed E-state index contributed by atoms with van der Waals surface area (Å²) >= 11 is 0. The van der Waals surface area contributed by atoms with Crippen LogP contribution in [0.2, 0.25) is 0 Å². The number of amides is 1. The van der Waals surface area contributed by atoms with E-state index in [1.54, 1.807) is 25.1 Å². The number of aryl methyl sites for hydroxylation is 1. The zero-order valence-corrected chi connectivity index (χ0v) is 13.0. The number of benzene rings is 2. The van der Waals surface area contributed by atoms with E-state index in [0.29, 0.717) is 16.6 Å². The standard InChI is InChI=1S/C18H17N3O2/c1-12-6-5-7-14(10-12)20-17(22)13(2)21-11-19-16-9-4-3-8-15(16)18(21)23/h3-11,13H,1-2H3,(H,20,22)/t13-/m1/s1. The van der Waals surface area contributed by atoms with E-state index in [1.165, 1.54) is 10.9 Å². The fourth-order valence-electron chi connectivity index (χ4n) is 2.45. The van der Waals surface area contributed by atoms with E-state index in [9.17, 15) is 9.59 Å². The summed E-state index contributed by atoms with van der Waals surface area (Å²) in [5.74, 6) is -0.255. The van der Waals surface area contributed by atoms with Gasteiger partial charge >= 0.3 is 0 Å². The number of hydrogen-bond acceptors (Lipinski definition) is 3. The third kappa shape index (κ3) is 2.99. The van der Waals surface area contributed by atoms with Gasteiger partial charge in [-0.25, -0.2) is 4.98 Å². The highest BCUT2D eigenvalue weighted by Gasteiger charge is 2.17. The lowest BCUT2D eigenvalue weighted by atomic mass is 10.2. The summed E-state index contributed by atoms with van der Waals surface area (Å²) in [6.45, 7) is 3.64. The minimum absolute atomic E-state index is 0.220. The van der Waals surface area contributed by atoms with Crippen LogP contribution in [-0.4, -0.2) is 15.5 Å². The largest absolute Gasteiger partial charge is 0.324 e. The average Bonchev–Trinajstić information content (AvgIpc) is 2.55. The molecule has 1 amide bonds. The maximum Gasteiger partial charge on any atom is 0.261 e. The number of hydrogen-bond donors (Lipinski definition) is 1. The number of carbonyl (C=O) groups is 1. The Balaban J connectivity index is 1.90. The third-order valence-electron chi connectivity index (χ3n) is 3.77. The van der Waals surface area contributed by atoms with Crippen LogP contribution < -0.4 is 10.9 Å². The van der Waals surface area contributed by atoms with Crippen LogP contribution in [0.15, 0.2) is 59.7 Å². The topological polar surface area (TPSA) is 64.0 Å². The molecule has 0 aliphatic rings. The summed E-state index contributed by atoms with van der Waals surface area (Å²) < 4.78 is 1.35. The molecule has 5 nitrogen and oxygen atoms in total. The fraction of sp³-hybridized carbons (Fsp3) is 0.167. The van der Waals surface area contributed by atoms with E-state index in [1.807, 2.05) is 37.3 Å². The predicted molar refractivity (Wildman–Crippen MR) is 90.5 cm³/mol. The van der Waals surface area contributed by atoms with E-state index in [-0.39, 0.29) is 11.5 Å². The summed E-state index contributed by atoms with van der Waals surface area (Å²) in [4.78, 5) is 29.2. The summed E-state index contributed by atoms with van der Waals surface area (Å²) in [6.07, 6.45) is 1.42. The first-order chi connectivity index (χ1) is 11.1. The number of carbonyl (C=O) groups excluding carboxylic acids is 1. The van der Waals surface area contributed by atoms with Crippen LogP contribution in [0.25, 0.3) is 10.9 Å². The van der Waals surface area contributed by atoms with Crippen molar-refractivity contribution in [2.24, 2.45) is 0 Å². The molecular formula is C18H17N3O2. The Morgan fingerprint density at radius 2 is 1.96 bits per heavy atom. The van der Waals surface area contributed by atoms with Gasteiger partial charge in [0.05, 0.1) is 17.2 Å². The highest BCUT2D eigenvalue weighted by Crippen LogP contribution is 2.13. The molecular weight excluding hydrogens is 290 g/mol. The number of aromatic nitrogens is 2. The van der Waals surface area contributed by atoms with E-state index >= 15 is 0 Å². The Morgan fingerprint density at radius 3 is 2.74 bits per heavy atom. The Kier molecular flexibility index (Phi) is 3.93. The molecule has 1 atom stereocenters. The van der Waals surface area contributed by atoms with Crippen LogP contribution in [0.5, 0.6) is 0 Å². The SMILES string of the molecule is Cc1cccc(NC(=O)[C@@H](C)n2cnc3ccccc3c2=O)c1. The molecule has 0 saturated heterocycles. The molecule has 2 aromatic carbocycles. The lowest BCUT2D eigenvalue weighted by molar-refractivity contribution is -0.118. The molecule has 0 aliphatic carbocycles. The van der Waals surface area contributed by atoms with Crippen molar-refractivity contribution in [2.45, 2.75) is 19.9 Å². The number of nitrogens with one attached hydrogen (secondary N) is 1. The number of anilines is 1. The molecule has 0 unspecified atom stereocenters. The molecule has 0 aliphatic heterocycles. The molecule has 0 bridgehead atoms. The molecule has 0 radical (unpaired) electrons. The van der Waals surface area contributed by atoms with Gasteiger partial charge in [-0.05, 0) is 43.7 Å². The summed E-state index contributed by atoms with van der Waals surface area (Å²) in [6, 6.07) is 14.0. The van der Waals surface area contributed by atoms with Crippen molar-refractivity contribution in [3.63, 3.8) is 0 Å². The maximum absolute atomic E-state index is 12.5. The van der Waals surface area contributed by atoms with Crippen LogP contribution >= 0.6 is 0 Å². The van der Waals surface area contributed by atoms with Gasteiger partial charge in [-0.1, -0.05) is 24.3 Å². The van der Waals surface area contributed by atoms with Gasteiger partial charge in [0, 0.05) is 5.69 Å². The first-order valence-corrected chi connectivity index (χ1v) is 7.39. The molecule has 3 aromatic rings. The normalized spacial score (nSPS) is 12.1. The molecule has 5 heteroatoms. The monoisotopic (exact) mass is 307 g/mol. The van der Waals surface area contributed by atoms with E-state index in [4.69, 9.17) is 0 Å². The Morgan fingerprint density at radius 1 is 1.17 bits per heavy atom. The molecule has 116 valence electrons. The number of fused-ring (bicyclic) bond motifs is 1. The van der Waals surface area contributed by atoms with Gasteiger partial charge in [-0.2, -0.15) is 0 Å². The Hall–Kier alpha value is -2.95. The Labute approximate surface area is 133 Å². The zero-order valence-electron chi connectivity index (χ0n) is 13.0. The maximum atomic E-state index is 12.5. The van der Waals surface area contributed by atoms with Crippen molar-refractivity contribution in [3.8, 4) is 0 Å². The van der Waals surface area contributed by atoms with Gasteiger partial charge in [-0.15, -0.1) is 0 Å². The van der Waals surface area contributed by atoms with Crippen molar-refractivity contribution in [1.82, 2.24) is 9.55 Å². The molecule has 0 spiro atoms. The van der Waals surface area contributed by atoms with Crippen LogP contribution in [0.1, 0.15) is 18.5 Å². The van der Waals surface area contributed by atoms with Gasteiger partial charge in [0.1, 0.15) is 6.04 Å². The highest BCUT2D eigenvalue weighted by molar-refractivity contribution is 5.93. The molecule has 23 heavy (non-hydrogen) atoms. The summed E-state index contributed by atoms with van der Waals surface area (Å²) in [5.41, 5.74) is 2.17. The predicted octanol–water partition coefficient (Wildman–Crippen LogP) is 2.90. The number of rotatable bonds is 3. The van der Waals surface area contributed by atoms with Crippen LogP contribution in [-0.2, 0) is 4.79 Å². The quantitative estimate of drug-likeness (QED) is 0.809. The van der Waals surface area contributed by atoms with Crippen LogP contribution in [0, 0.1) is 6.92 Å². The average molecular weight is 307 g/mol. The van der Waals surface area contributed by atoms with Crippen molar-refractivity contribution in [1.29, 1.82) is 0 Å². The second-order valence-corrected chi connectivity index (χ2v) is 5.51. The first kappa shape index (κ1) is 15.0. The lowest BCUT2D eigenvalue weighted by Crippen LogP contribution is -2.31. The fourth-order valence-corrected chi connectivity index (χ4v) is 2.45. The molecule has 0 fully saturated rings. The van der Waals surface area contributed by atoms with Crippen molar-refractivity contribution >= 4 is 22.5 Å². The zero-order chi connectivity index (χ0) is 16.4. The van der Waals surface area contributed by atoms with Crippen LogP contribution in [0.3, 0.4) is 0 Å². The molecule has 1 heterocycles. The number of nitrogens with zero attached hydrogens (tertiary/aromatic N) is 2. The summed E-state index contributed by atoms with van der Waals surface area (Å²) in [5, 5.41) is 3.33. The smallest absolute Gasteiger partial charge is 0.261 e. The van der Waals surface area contributed by atoms with Gasteiger partial charge in [0.15, 0.2) is 0 Å². The van der Waals surface area contributed by atoms with Crippen LogP contribution in [0.4, 0.5) is 5.69 Å². The molecule has 0 saturated carbocycles. The molecule has 1 aromatic heterocycles. The van der Waals surface area contributed by atoms with Gasteiger partial charge < -0.3 is 5.32 Å². The van der Waals surface area contributed by atoms with E-state index < -0.39 is 6.04 Å². The number of para-hydroxylation sites is 1. The first-order valence-electron chi connectivity index (χ1n) is 7.39. The van der Waals surface area contributed by atoms with Crippen molar-refractivity contribution in [2.75, 3.05) is 5.32 Å². The Bertz CT molecular complexity index is 931. The third-order valence-corrected chi connectivity index (χ3v) is 3.77. The lowest BCUT2D eigenvalue weighted by Gasteiger charge is -2.15. The highest BCUT2D eigenvalue weighted by atomic mass is 16.2. The van der Waals surface area contributed by atoms with E-state index in [2.05, 4.69) is 10.3 Å². The second kappa shape index (κ2) is 6.04. The summed E-state index contributed by atoms with van der Waals surface area (Å²) in [7, 11) is 0. The van der Waals surface area contributed by atoms with E-state index in [0.717, 1.165) is 5.56 Å².